The zero-order valence-corrected chi connectivity index (χ0v) is 17.1. The molecule has 1 aliphatic heterocycles. The second kappa shape index (κ2) is 8.92. The van der Waals surface area contributed by atoms with Crippen molar-refractivity contribution in [2.45, 2.75) is 13.5 Å². The molecule has 1 fully saturated rings. The maximum atomic E-state index is 4.58. The van der Waals surface area contributed by atoms with Crippen LogP contribution >= 0.6 is 0 Å². The van der Waals surface area contributed by atoms with E-state index in [1.807, 2.05) is 6.07 Å². The Kier molecular flexibility index (Phi) is 5.91. The molecule has 6 nitrogen and oxygen atoms in total. The molecule has 1 aliphatic rings. The maximum absolute atomic E-state index is 4.58. The summed E-state index contributed by atoms with van der Waals surface area (Å²) in [5, 5.41) is 6.68. The summed E-state index contributed by atoms with van der Waals surface area (Å²) in [5.74, 6) is 1.40. The van der Waals surface area contributed by atoms with E-state index in [1.54, 1.807) is 6.20 Å². The Morgan fingerprint density at radius 1 is 0.931 bits per heavy atom. The van der Waals surface area contributed by atoms with Gasteiger partial charge in [0.1, 0.15) is 5.82 Å². The minimum Gasteiger partial charge on any atom is -0.369 e. The summed E-state index contributed by atoms with van der Waals surface area (Å²) in [4.78, 5) is 13.7. The van der Waals surface area contributed by atoms with Crippen molar-refractivity contribution < 1.29 is 0 Å². The van der Waals surface area contributed by atoms with Crippen molar-refractivity contribution in [2.75, 3.05) is 48.8 Å². The number of rotatable bonds is 6. The number of hydrogen-bond acceptors (Lipinski definition) is 6. The third-order valence-electron chi connectivity index (χ3n) is 5.37. The quantitative estimate of drug-likeness (QED) is 0.668. The molecule has 2 N–H and O–H groups in total. The molecule has 0 atom stereocenters. The molecule has 2 heterocycles. The van der Waals surface area contributed by atoms with Gasteiger partial charge in [-0.2, -0.15) is 4.98 Å². The highest BCUT2D eigenvalue weighted by Crippen LogP contribution is 2.21. The molecule has 3 aromatic rings. The summed E-state index contributed by atoms with van der Waals surface area (Å²) in [6.07, 6.45) is 1.77. The first-order valence-corrected chi connectivity index (χ1v) is 10.1. The number of benzene rings is 2. The third-order valence-corrected chi connectivity index (χ3v) is 5.37. The van der Waals surface area contributed by atoms with Crippen molar-refractivity contribution in [1.29, 1.82) is 0 Å². The van der Waals surface area contributed by atoms with Crippen LogP contribution in [0.4, 0.5) is 23.1 Å². The maximum Gasteiger partial charge on any atom is 0.229 e. The molecule has 0 bridgehead atoms. The topological polar surface area (TPSA) is 56.3 Å². The van der Waals surface area contributed by atoms with Crippen LogP contribution in [-0.2, 0) is 6.54 Å². The zero-order valence-electron chi connectivity index (χ0n) is 17.1. The van der Waals surface area contributed by atoms with Crippen molar-refractivity contribution in [3.63, 3.8) is 0 Å². The fourth-order valence-corrected chi connectivity index (χ4v) is 3.46. The lowest BCUT2D eigenvalue weighted by Crippen LogP contribution is -2.44. The van der Waals surface area contributed by atoms with Crippen LogP contribution in [0.2, 0.25) is 0 Å². The SMILES string of the molecule is Cc1ccccc1CNc1ccnc(Nc2ccc(N3CCN(C)CC3)cc2)n1. The molecule has 1 saturated heterocycles. The third kappa shape index (κ3) is 5.03. The molecule has 0 radical (unpaired) electrons. The highest BCUT2D eigenvalue weighted by molar-refractivity contribution is 5.60. The van der Waals surface area contributed by atoms with E-state index in [1.165, 1.54) is 16.8 Å². The molecule has 2 aromatic carbocycles. The van der Waals surface area contributed by atoms with Crippen LogP contribution in [-0.4, -0.2) is 48.1 Å². The molecule has 150 valence electrons. The minimum atomic E-state index is 0.590. The molecule has 6 heteroatoms. The van der Waals surface area contributed by atoms with Gasteiger partial charge in [-0.1, -0.05) is 24.3 Å². The van der Waals surface area contributed by atoms with E-state index in [4.69, 9.17) is 0 Å². The predicted octanol–water partition coefficient (Wildman–Crippen LogP) is 3.89. The number of likely N-dealkylation sites (N-methyl/N-ethyl adjacent to an activating group) is 1. The first-order valence-electron chi connectivity index (χ1n) is 10.1. The Morgan fingerprint density at radius 2 is 1.69 bits per heavy atom. The summed E-state index contributed by atoms with van der Waals surface area (Å²) in [6.45, 7) is 7.22. The smallest absolute Gasteiger partial charge is 0.229 e. The predicted molar refractivity (Wildman–Crippen MR) is 120 cm³/mol. The van der Waals surface area contributed by atoms with E-state index in [9.17, 15) is 0 Å². The van der Waals surface area contributed by atoms with E-state index < -0.39 is 0 Å². The Balaban J connectivity index is 1.37. The lowest BCUT2D eigenvalue weighted by Gasteiger charge is -2.34. The van der Waals surface area contributed by atoms with Crippen LogP contribution in [0.25, 0.3) is 0 Å². The lowest BCUT2D eigenvalue weighted by molar-refractivity contribution is 0.313. The molecule has 1 aromatic heterocycles. The van der Waals surface area contributed by atoms with Gasteiger partial charge in [-0.25, -0.2) is 4.98 Å². The highest BCUT2D eigenvalue weighted by atomic mass is 15.2. The van der Waals surface area contributed by atoms with Gasteiger partial charge in [0, 0.05) is 50.3 Å². The normalized spacial score (nSPS) is 14.6. The zero-order chi connectivity index (χ0) is 20.1. The number of hydrogen-bond donors (Lipinski definition) is 2. The first-order chi connectivity index (χ1) is 14.2. The van der Waals surface area contributed by atoms with Gasteiger partial charge in [-0.3, -0.25) is 0 Å². The molecule has 0 unspecified atom stereocenters. The van der Waals surface area contributed by atoms with Gasteiger partial charge in [-0.05, 0) is 55.4 Å². The summed E-state index contributed by atoms with van der Waals surface area (Å²) >= 11 is 0. The van der Waals surface area contributed by atoms with Gasteiger partial charge >= 0.3 is 0 Å². The lowest BCUT2D eigenvalue weighted by atomic mass is 10.1. The Hall–Kier alpha value is -3.12. The summed E-state index contributed by atoms with van der Waals surface area (Å²) < 4.78 is 0. The number of nitrogens with one attached hydrogen (secondary N) is 2. The summed E-state index contributed by atoms with van der Waals surface area (Å²) in [7, 11) is 2.17. The number of piperazine rings is 1. The molecule has 4 rings (SSSR count). The second-order valence-corrected chi connectivity index (χ2v) is 7.51. The molecule has 0 saturated carbocycles. The summed E-state index contributed by atoms with van der Waals surface area (Å²) in [6, 6.07) is 18.8. The van der Waals surface area contributed by atoms with Crippen molar-refractivity contribution in [1.82, 2.24) is 14.9 Å². The van der Waals surface area contributed by atoms with Crippen LogP contribution in [0, 0.1) is 6.92 Å². The van der Waals surface area contributed by atoms with E-state index in [-0.39, 0.29) is 0 Å². The number of nitrogens with zero attached hydrogens (tertiary/aromatic N) is 4. The Morgan fingerprint density at radius 3 is 2.45 bits per heavy atom. The fourth-order valence-electron chi connectivity index (χ4n) is 3.46. The Labute approximate surface area is 172 Å². The van der Waals surface area contributed by atoms with Crippen molar-refractivity contribution >= 4 is 23.1 Å². The van der Waals surface area contributed by atoms with Crippen LogP contribution in [0.15, 0.2) is 60.8 Å². The Bertz CT molecular complexity index is 932. The van der Waals surface area contributed by atoms with Gasteiger partial charge < -0.3 is 20.4 Å². The van der Waals surface area contributed by atoms with E-state index in [0.717, 1.165) is 44.2 Å². The van der Waals surface area contributed by atoms with Gasteiger partial charge in [0.15, 0.2) is 0 Å². The van der Waals surface area contributed by atoms with Gasteiger partial charge in [-0.15, -0.1) is 0 Å². The van der Waals surface area contributed by atoms with E-state index >= 15 is 0 Å². The van der Waals surface area contributed by atoms with Crippen molar-refractivity contribution in [3.8, 4) is 0 Å². The standard InChI is InChI=1S/C23H28N6/c1-18-5-3-4-6-19(18)17-25-22-11-12-24-23(27-22)26-20-7-9-21(10-8-20)29-15-13-28(2)14-16-29/h3-12H,13-17H2,1-2H3,(H2,24,25,26,27). The van der Waals surface area contributed by atoms with E-state index in [0.29, 0.717) is 5.95 Å². The van der Waals surface area contributed by atoms with Crippen LogP contribution in [0.3, 0.4) is 0 Å². The molecular weight excluding hydrogens is 360 g/mol. The molecule has 0 spiro atoms. The van der Waals surface area contributed by atoms with E-state index in [2.05, 4.69) is 92.9 Å². The molecule has 0 amide bonds. The minimum absolute atomic E-state index is 0.590. The fraction of sp³-hybridized carbons (Fsp3) is 0.304. The summed E-state index contributed by atoms with van der Waals surface area (Å²) in [5.41, 5.74) is 4.78. The van der Waals surface area contributed by atoms with Gasteiger partial charge in [0.25, 0.3) is 0 Å². The molecular formula is C23H28N6. The average molecular weight is 389 g/mol. The van der Waals surface area contributed by atoms with Crippen LogP contribution in [0.5, 0.6) is 0 Å². The van der Waals surface area contributed by atoms with Crippen molar-refractivity contribution in [3.05, 3.63) is 71.9 Å². The number of aromatic nitrogens is 2. The first kappa shape index (κ1) is 19.2. The second-order valence-electron chi connectivity index (χ2n) is 7.51. The monoisotopic (exact) mass is 388 g/mol. The average Bonchev–Trinajstić information content (AvgIpc) is 2.75. The molecule has 29 heavy (non-hydrogen) atoms. The molecule has 0 aliphatic carbocycles. The van der Waals surface area contributed by atoms with Crippen LogP contribution in [0.1, 0.15) is 11.1 Å². The highest BCUT2D eigenvalue weighted by Gasteiger charge is 2.14. The number of aryl methyl sites for hydroxylation is 1. The van der Waals surface area contributed by atoms with Gasteiger partial charge in [0.2, 0.25) is 5.95 Å². The van der Waals surface area contributed by atoms with Crippen LogP contribution < -0.4 is 15.5 Å². The van der Waals surface area contributed by atoms with Gasteiger partial charge in [0.05, 0.1) is 0 Å². The largest absolute Gasteiger partial charge is 0.369 e. The van der Waals surface area contributed by atoms with Crippen molar-refractivity contribution in [2.24, 2.45) is 0 Å². The number of anilines is 4.